The summed E-state index contributed by atoms with van der Waals surface area (Å²) >= 11 is 0. The monoisotopic (exact) mass is 473 g/mol. The largest absolute Gasteiger partial charge is 0.457 e. The first-order valence-corrected chi connectivity index (χ1v) is 12.1. The number of nitrogens with one attached hydrogen (secondary N) is 2. The fourth-order valence-electron chi connectivity index (χ4n) is 4.40. The summed E-state index contributed by atoms with van der Waals surface area (Å²) in [7, 11) is 0. The summed E-state index contributed by atoms with van der Waals surface area (Å²) in [6.07, 6.45) is 6.13. The van der Waals surface area contributed by atoms with Gasteiger partial charge in [-0.15, -0.1) is 0 Å². The third-order valence-corrected chi connectivity index (χ3v) is 6.31. The zero-order valence-electron chi connectivity index (χ0n) is 19.9. The lowest BCUT2D eigenvalue weighted by molar-refractivity contribution is -0.132. The third-order valence-electron chi connectivity index (χ3n) is 6.31. The Morgan fingerprint density at radius 1 is 1.26 bits per heavy atom. The van der Waals surface area contributed by atoms with Gasteiger partial charge in [0, 0.05) is 35.8 Å². The van der Waals surface area contributed by atoms with E-state index in [1.54, 1.807) is 4.90 Å². The van der Waals surface area contributed by atoms with Gasteiger partial charge >= 0.3 is 0 Å². The molecule has 1 aliphatic heterocycles. The Kier molecular flexibility index (Phi) is 7.68. The molecule has 8 heteroatoms. The molecule has 2 amide bonds. The highest BCUT2D eigenvalue weighted by Crippen LogP contribution is 2.29. The molecule has 0 aliphatic carbocycles. The number of benzene rings is 2. The van der Waals surface area contributed by atoms with E-state index < -0.39 is 6.04 Å². The minimum atomic E-state index is -0.715. The number of anilines is 1. The zero-order valence-corrected chi connectivity index (χ0v) is 19.9. The van der Waals surface area contributed by atoms with E-state index >= 15 is 0 Å². The molecule has 182 valence electrons. The highest BCUT2D eigenvalue weighted by atomic mass is 16.5. The molecule has 0 spiro atoms. The van der Waals surface area contributed by atoms with Crippen molar-refractivity contribution in [2.45, 2.75) is 57.5 Å². The number of H-pyrrole nitrogens is 1. The number of nitrogens with two attached hydrogens (primary N) is 1. The second-order valence-electron chi connectivity index (χ2n) is 8.93. The molecule has 1 saturated heterocycles. The number of rotatable bonds is 9. The molecule has 4 rings (SSSR count). The fraction of sp³-hybridized carbons (Fsp3) is 0.370. The number of fused-ring (bicyclic) bond motifs is 1. The van der Waals surface area contributed by atoms with Crippen LogP contribution in [-0.2, 0) is 16.0 Å². The number of hydrogen-bond acceptors (Lipinski definition) is 5. The van der Waals surface area contributed by atoms with E-state index in [1.807, 2.05) is 48.7 Å². The first-order chi connectivity index (χ1) is 17.0. The van der Waals surface area contributed by atoms with Crippen LogP contribution in [0.3, 0.4) is 0 Å². The van der Waals surface area contributed by atoms with Gasteiger partial charge in [-0.2, -0.15) is 5.26 Å². The van der Waals surface area contributed by atoms with Crippen LogP contribution in [-0.4, -0.2) is 40.3 Å². The van der Waals surface area contributed by atoms with Crippen LogP contribution in [0.4, 0.5) is 5.69 Å². The lowest BCUT2D eigenvalue weighted by Gasteiger charge is -2.23. The van der Waals surface area contributed by atoms with Crippen molar-refractivity contribution in [1.82, 2.24) is 9.88 Å². The van der Waals surface area contributed by atoms with E-state index in [1.165, 1.54) is 0 Å². The summed E-state index contributed by atoms with van der Waals surface area (Å²) in [5.41, 5.74) is 8.84. The molecular weight excluding hydrogens is 442 g/mol. The smallest absolute Gasteiger partial charge is 0.240 e. The topological polar surface area (TPSA) is 124 Å². The molecule has 2 heterocycles. The van der Waals surface area contributed by atoms with Crippen LogP contribution in [0.1, 0.15) is 44.6 Å². The number of nitrogens with zero attached hydrogens (tertiary/aromatic N) is 2. The molecule has 0 bridgehead atoms. The molecule has 0 saturated carbocycles. The van der Waals surface area contributed by atoms with Gasteiger partial charge in [0.25, 0.3) is 0 Å². The van der Waals surface area contributed by atoms with Crippen molar-refractivity contribution in [3.05, 3.63) is 54.2 Å². The summed E-state index contributed by atoms with van der Waals surface area (Å²) in [4.78, 5) is 29.6. The van der Waals surface area contributed by atoms with Gasteiger partial charge in [-0.1, -0.05) is 13.3 Å². The number of likely N-dealkylation sites (tertiary alicyclic amines) is 1. The molecule has 0 radical (unpaired) electrons. The first-order valence-electron chi connectivity index (χ1n) is 12.1. The number of aromatic nitrogens is 1. The summed E-state index contributed by atoms with van der Waals surface area (Å²) in [5.74, 6) is 1.13. The van der Waals surface area contributed by atoms with Crippen LogP contribution in [0.25, 0.3) is 10.9 Å². The highest BCUT2D eigenvalue weighted by Gasteiger charge is 2.31. The fourth-order valence-corrected chi connectivity index (χ4v) is 4.40. The third kappa shape index (κ3) is 5.81. The number of nitriles is 1. The SMILES string of the molecule is CCCCC(=O)Nc1ccc(Oc2ccc3[nH]cc(C[C@H](N)C(=O)N4CCC[C@H]4C#N)c3c2)cc1. The molecule has 4 N–H and O–H groups in total. The second-order valence-corrected chi connectivity index (χ2v) is 8.93. The number of unbranched alkanes of at least 4 members (excludes halogenated alkanes) is 1. The summed E-state index contributed by atoms with van der Waals surface area (Å²) in [5, 5.41) is 13.1. The van der Waals surface area contributed by atoms with Gasteiger partial charge in [0.1, 0.15) is 17.5 Å². The molecule has 3 aromatic rings. The molecule has 1 fully saturated rings. The number of carbonyl (C=O) groups is 2. The maximum absolute atomic E-state index is 12.8. The summed E-state index contributed by atoms with van der Waals surface area (Å²) in [6, 6.07) is 14.1. The van der Waals surface area contributed by atoms with Gasteiger partial charge in [0.05, 0.1) is 12.1 Å². The van der Waals surface area contributed by atoms with Crippen molar-refractivity contribution in [3.63, 3.8) is 0 Å². The molecule has 1 aliphatic rings. The standard InChI is InChI=1S/C27H31N5O3/c1-2-3-6-26(33)31-19-7-9-21(10-8-19)35-22-11-12-25-23(15-22)18(17-30-25)14-24(29)27(34)32-13-4-5-20(32)16-28/h7-12,15,17,20,24,30H,2-6,13-14,29H2,1H3,(H,31,33)/t20-,24-/m0/s1. The lowest BCUT2D eigenvalue weighted by Crippen LogP contribution is -2.46. The molecule has 1 aromatic heterocycles. The van der Waals surface area contributed by atoms with Crippen molar-refractivity contribution in [3.8, 4) is 17.6 Å². The van der Waals surface area contributed by atoms with Crippen molar-refractivity contribution in [1.29, 1.82) is 5.26 Å². The number of carbonyl (C=O) groups excluding carboxylic acids is 2. The molecule has 8 nitrogen and oxygen atoms in total. The van der Waals surface area contributed by atoms with Gasteiger partial charge in [-0.3, -0.25) is 9.59 Å². The van der Waals surface area contributed by atoms with Crippen molar-refractivity contribution < 1.29 is 14.3 Å². The molecular formula is C27H31N5O3. The van der Waals surface area contributed by atoms with Crippen molar-refractivity contribution in [2.24, 2.45) is 5.73 Å². The average molecular weight is 474 g/mol. The van der Waals surface area contributed by atoms with Gasteiger partial charge in [-0.25, -0.2) is 0 Å². The van der Waals surface area contributed by atoms with Crippen molar-refractivity contribution in [2.75, 3.05) is 11.9 Å². The molecule has 35 heavy (non-hydrogen) atoms. The quantitative estimate of drug-likeness (QED) is 0.423. The minimum Gasteiger partial charge on any atom is -0.457 e. The Morgan fingerprint density at radius 2 is 2.03 bits per heavy atom. The van der Waals surface area contributed by atoms with E-state index in [4.69, 9.17) is 10.5 Å². The van der Waals surface area contributed by atoms with Gasteiger partial charge in [-0.05, 0) is 73.7 Å². The second kappa shape index (κ2) is 11.1. The lowest BCUT2D eigenvalue weighted by atomic mass is 10.0. The van der Waals surface area contributed by atoms with Gasteiger partial charge in [0.2, 0.25) is 11.8 Å². The minimum absolute atomic E-state index is 0.00974. The Labute approximate surface area is 205 Å². The van der Waals surface area contributed by atoms with E-state index in [-0.39, 0.29) is 17.9 Å². The van der Waals surface area contributed by atoms with Crippen LogP contribution in [0, 0.1) is 11.3 Å². The Hall–Kier alpha value is -3.83. The Bertz CT molecular complexity index is 1230. The van der Waals surface area contributed by atoms with Crippen LogP contribution in [0.2, 0.25) is 0 Å². The normalized spacial score (nSPS) is 16.1. The molecule has 2 aromatic carbocycles. The van der Waals surface area contributed by atoms with Crippen LogP contribution in [0.5, 0.6) is 11.5 Å². The Balaban J connectivity index is 1.42. The summed E-state index contributed by atoms with van der Waals surface area (Å²) in [6.45, 7) is 2.64. The number of amides is 2. The van der Waals surface area contributed by atoms with Crippen LogP contribution < -0.4 is 15.8 Å². The first kappa shape index (κ1) is 24.3. The summed E-state index contributed by atoms with van der Waals surface area (Å²) < 4.78 is 6.03. The predicted molar refractivity (Wildman–Crippen MR) is 135 cm³/mol. The Morgan fingerprint density at radius 3 is 2.77 bits per heavy atom. The van der Waals surface area contributed by atoms with E-state index in [9.17, 15) is 14.9 Å². The predicted octanol–water partition coefficient (Wildman–Crippen LogP) is 4.47. The molecule has 0 unspecified atom stereocenters. The highest BCUT2D eigenvalue weighted by molar-refractivity contribution is 5.90. The molecule has 2 atom stereocenters. The number of ether oxygens (including phenoxy) is 1. The number of aromatic amines is 1. The maximum atomic E-state index is 12.8. The van der Waals surface area contributed by atoms with Crippen LogP contribution >= 0.6 is 0 Å². The van der Waals surface area contributed by atoms with Crippen molar-refractivity contribution >= 4 is 28.4 Å². The van der Waals surface area contributed by atoms with Gasteiger partial charge in [0.15, 0.2) is 0 Å². The van der Waals surface area contributed by atoms with Gasteiger partial charge < -0.3 is 25.7 Å². The number of hydrogen-bond donors (Lipinski definition) is 3. The average Bonchev–Trinajstić information content (AvgIpc) is 3.50. The van der Waals surface area contributed by atoms with E-state index in [0.717, 1.165) is 41.4 Å². The van der Waals surface area contributed by atoms with E-state index in [2.05, 4.69) is 23.3 Å². The van der Waals surface area contributed by atoms with E-state index in [0.29, 0.717) is 37.3 Å². The zero-order chi connectivity index (χ0) is 24.8. The maximum Gasteiger partial charge on any atom is 0.240 e. The van der Waals surface area contributed by atoms with Crippen LogP contribution in [0.15, 0.2) is 48.7 Å².